The van der Waals surface area contributed by atoms with Crippen LogP contribution in [0.15, 0.2) is 40.9 Å². The molecule has 0 radical (unpaired) electrons. The first-order valence-electron chi connectivity index (χ1n) is 5.40. The fraction of sp³-hybridized carbons (Fsp3) is 0.0714. The van der Waals surface area contributed by atoms with Crippen LogP contribution in [0.3, 0.4) is 0 Å². The first-order valence-corrected chi connectivity index (χ1v) is 6.57. The van der Waals surface area contributed by atoms with E-state index in [0.29, 0.717) is 4.47 Å². The van der Waals surface area contributed by atoms with Crippen LogP contribution < -0.4 is 0 Å². The van der Waals surface area contributed by atoms with Gasteiger partial charge in [-0.15, -0.1) is 0 Å². The van der Waals surface area contributed by atoms with Crippen molar-refractivity contribution in [2.45, 2.75) is 6.42 Å². The lowest BCUT2D eigenvalue weighted by Crippen LogP contribution is -2.08. The normalized spacial score (nSPS) is 10.5. The highest BCUT2D eigenvalue weighted by molar-refractivity contribution is 9.10. The van der Waals surface area contributed by atoms with E-state index in [9.17, 15) is 13.6 Å². The van der Waals surface area contributed by atoms with Crippen LogP contribution in [0.25, 0.3) is 0 Å². The molecule has 0 unspecified atom stereocenters. The summed E-state index contributed by atoms with van der Waals surface area (Å²) in [6.07, 6.45) is -0.220. The fourth-order valence-electron chi connectivity index (χ4n) is 1.69. The van der Waals surface area contributed by atoms with E-state index in [4.69, 9.17) is 11.6 Å². The predicted octanol–water partition coefficient (Wildman–Crippen LogP) is 4.81. The second-order valence-corrected chi connectivity index (χ2v) is 5.22. The third-order valence-electron chi connectivity index (χ3n) is 2.61. The van der Waals surface area contributed by atoms with Gasteiger partial charge in [-0.25, -0.2) is 8.78 Å². The molecule has 2 aromatic rings. The number of hydrogen-bond acceptors (Lipinski definition) is 1. The monoisotopic (exact) mass is 344 g/mol. The Hall–Kier alpha value is -1.26. The predicted molar refractivity (Wildman–Crippen MR) is 73.5 cm³/mol. The van der Waals surface area contributed by atoms with Crippen molar-refractivity contribution < 1.29 is 13.6 Å². The Morgan fingerprint density at radius 3 is 2.53 bits per heavy atom. The molecule has 0 amide bonds. The number of benzene rings is 2. The van der Waals surface area contributed by atoms with Crippen LogP contribution in [-0.2, 0) is 6.42 Å². The maximum atomic E-state index is 13.6. The maximum absolute atomic E-state index is 13.6. The SMILES string of the molecule is O=C(Cc1ccc(Cl)cc1F)c1c(F)cccc1Br. The van der Waals surface area contributed by atoms with E-state index in [1.54, 1.807) is 6.07 Å². The fourth-order valence-corrected chi connectivity index (χ4v) is 2.41. The Bertz CT molecular complexity index is 623. The zero-order valence-corrected chi connectivity index (χ0v) is 11.9. The number of carbonyl (C=O) groups excluding carboxylic acids is 1. The second kappa shape index (κ2) is 5.80. The van der Waals surface area contributed by atoms with Crippen LogP contribution in [0.4, 0.5) is 8.78 Å². The minimum absolute atomic E-state index is 0.0724. The molecule has 19 heavy (non-hydrogen) atoms. The number of rotatable bonds is 3. The third-order valence-corrected chi connectivity index (χ3v) is 3.50. The highest BCUT2D eigenvalue weighted by Crippen LogP contribution is 2.23. The Kier molecular flexibility index (Phi) is 4.32. The Balaban J connectivity index is 2.31. The number of halogens is 4. The van der Waals surface area contributed by atoms with Crippen LogP contribution in [0.5, 0.6) is 0 Å². The van der Waals surface area contributed by atoms with Crippen LogP contribution in [0, 0.1) is 11.6 Å². The van der Waals surface area contributed by atoms with Crippen molar-refractivity contribution in [3.63, 3.8) is 0 Å². The molecule has 0 heterocycles. The maximum Gasteiger partial charge on any atom is 0.171 e. The first kappa shape index (κ1) is 14.2. The topological polar surface area (TPSA) is 17.1 Å². The first-order chi connectivity index (χ1) is 8.99. The van der Waals surface area contributed by atoms with Crippen molar-refractivity contribution in [1.82, 2.24) is 0 Å². The molecule has 0 atom stereocenters. The van der Waals surface area contributed by atoms with Gasteiger partial charge in [-0.05, 0) is 45.8 Å². The molecule has 0 aliphatic heterocycles. The molecule has 0 aromatic heterocycles. The lowest BCUT2D eigenvalue weighted by atomic mass is 10.0. The van der Waals surface area contributed by atoms with Gasteiger partial charge in [-0.1, -0.05) is 23.7 Å². The van der Waals surface area contributed by atoms with Gasteiger partial charge in [0.05, 0.1) is 5.56 Å². The van der Waals surface area contributed by atoms with Crippen LogP contribution in [0.2, 0.25) is 5.02 Å². The minimum Gasteiger partial charge on any atom is -0.294 e. The molecule has 2 aromatic carbocycles. The molecule has 0 aliphatic rings. The van der Waals surface area contributed by atoms with E-state index in [2.05, 4.69) is 15.9 Å². The molecular weight excluding hydrogens is 338 g/mol. The molecule has 0 fully saturated rings. The smallest absolute Gasteiger partial charge is 0.171 e. The minimum atomic E-state index is -0.631. The summed E-state index contributed by atoms with van der Waals surface area (Å²) in [7, 11) is 0. The van der Waals surface area contributed by atoms with E-state index in [1.165, 1.54) is 24.3 Å². The third kappa shape index (κ3) is 3.19. The van der Waals surface area contributed by atoms with Gasteiger partial charge in [0.25, 0.3) is 0 Å². The molecule has 0 saturated heterocycles. The lowest BCUT2D eigenvalue weighted by molar-refractivity contribution is 0.0987. The summed E-state index contributed by atoms with van der Waals surface area (Å²) in [5.41, 5.74) is 0.112. The number of carbonyl (C=O) groups is 1. The molecule has 0 aliphatic carbocycles. The number of ketones is 1. The van der Waals surface area contributed by atoms with Gasteiger partial charge < -0.3 is 0 Å². The zero-order chi connectivity index (χ0) is 14.0. The Morgan fingerprint density at radius 2 is 1.89 bits per heavy atom. The lowest BCUT2D eigenvalue weighted by Gasteiger charge is -2.06. The largest absolute Gasteiger partial charge is 0.294 e. The molecule has 0 bridgehead atoms. The van der Waals surface area contributed by atoms with Gasteiger partial charge in [0.15, 0.2) is 5.78 Å². The summed E-state index contributed by atoms with van der Waals surface area (Å²) < 4.78 is 27.5. The van der Waals surface area contributed by atoms with Crippen LogP contribution in [-0.4, -0.2) is 5.78 Å². The van der Waals surface area contributed by atoms with Gasteiger partial charge in [-0.3, -0.25) is 4.79 Å². The van der Waals surface area contributed by atoms with Crippen molar-refractivity contribution in [2.24, 2.45) is 0 Å². The molecule has 0 saturated carbocycles. The van der Waals surface area contributed by atoms with Crippen molar-refractivity contribution >= 4 is 33.3 Å². The van der Waals surface area contributed by atoms with Gasteiger partial charge in [0.2, 0.25) is 0 Å². The van der Waals surface area contributed by atoms with E-state index in [0.717, 1.165) is 6.07 Å². The van der Waals surface area contributed by atoms with Crippen molar-refractivity contribution in [3.05, 3.63) is 68.7 Å². The summed E-state index contributed by atoms with van der Waals surface area (Å²) in [6, 6.07) is 8.28. The number of Topliss-reactive ketones (excluding diaryl/α,β-unsaturated/α-hetero) is 1. The van der Waals surface area contributed by atoms with Gasteiger partial charge in [0.1, 0.15) is 11.6 Å². The standard InChI is InChI=1S/C14H8BrClF2O/c15-10-2-1-3-11(17)14(10)13(19)6-8-4-5-9(16)7-12(8)18/h1-5,7H,6H2. The van der Waals surface area contributed by atoms with Crippen molar-refractivity contribution in [3.8, 4) is 0 Å². The average Bonchev–Trinajstić information content (AvgIpc) is 2.32. The zero-order valence-electron chi connectivity index (χ0n) is 9.59. The number of hydrogen-bond donors (Lipinski definition) is 0. The van der Waals surface area contributed by atoms with Crippen molar-refractivity contribution in [2.75, 3.05) is 0 Å². The summed E-state index contributed by atoms with van der Waals surface area (Å²) in [5.74, 6) is -1.70. The summed E-state index contributed by atoms with van der Waals surface area (Å²) in [5, 5.41) is 0.251. The molecule has 1 nitrogen and oxygen atoms in total. The Labute approximate surface area is 122 Å². The van der Waals surface area contributed by atoms with Gasteiger partial charge in [-0.2, -0.15) is 0 Å². The average molecular weight is 346 g/mol. The molecule has 5 heteroatoms. The molecule has 2 rings (SSSR count). The van der Waals surface area contributed by atoms with E-state index < -0.39 is 17.4 Å². The highest BCUT2D eigenvalue weighted by atomic mass is 79.9. The van der Waals surface area contributed by atoms with E-state index in [1.807, 2.05) is 0 Å². The summed E-state index contributed by atoms with van der Waals surface area (Å²) in [4.78, 5) is 12.0. The second-order valence-electron chi connectivity index (χ2n) is 3.93. The Morgan fingerprint density at radius 1 is 1.16 bits per heavy atom. The highest BCUT2D eigenvalue weighted by Gasteiger charge is 2.17. The van der Waals surface area contributed by atoms with E-state index >= 15 is 0 Å². The van der Waals surface area contributed by atoms with Crippen LogP contribution in [0.1, 0.15) is 15.9 Å². The van der Waals surface area contributed by atoms with Gasteiger partial charge >= 0.3 is 0 Å². The van der Waals surface area contributed by atoms with Crippen LogP contribution >= 0.6 is 27.5 Å². The molecule has 98 valence electrons. The summed E-state index contributed by atoms with van der Waals surface area (Å²) >= 11 is 8.74. The molecule has 0 N–H and O–H groups in total. The van der Waals surface area contributed by atoms with Crippen molar-refractivity contribution in [1.29, 1.82) is 0 Å². The summed E-state index contributed by atoms with van der Waals surface area (Å²) in [6.45, 7) is 0. The van der Waals surface area contributed by atoms with E-state index in [-0.39, 0.29) is 22.6 Å². The quantitative estimate of drug-likeness (QED) is 0.730. The van der Waals surface area contributed by atoms with Gasteiger partial charge in [0, 0.05) is 15.9 Å². The molecular formula is C14H8BrClF2O. The molecule has 0 spiro atoms.